The van der Waals surface area contributed by atoms with Crippen LogP contribution in [-0.2, 0) is 4.79 Å². The summed E-state index contributed by atoms with van der Waals surface area (Å²) in [5, 5.41) is 12.2. The van der Waals surface area contributed by atoms with Gasteiger partial charge in [-0.25, -0.2) is 4.98 Å². The quantitative estimate of drug-likeness (QED) is 0.621. The molecule has 0 atom stereocenters. The second kappa shape index (κ2) is 8.02. The number of fused-ring (bicyclic) bond motifs is 1. The summed E-state index contributed by atoms with van der Waals surface area (Å²) in [5.74, 6) is 0.419. The number of hydrogen-bond donors (Lipinski definition) is 2. The van der Waals surface area contributed by atoms with Crippen molar-refractivity contribution in [3.63, 3.8) is 0 Å². The third-order valence-corrected chi connectivity index (χ3v) is 6.02. The number of halogens is 1. The number of hydrogen-bond acceptors (Lipinski definition) is 6. The van der Waals surface area contributed by atoms with Crippen molar-refractivity contribution in [1.29, 1.82) is 0 Å². The number of carbonyl (C=O) groups is 1. The van der Waals surface area contributed by atoms with E-state index in [9.17, 15) is 4.79 Å². The first-order chi connectivity index (χ1) is 14.1. The molecule has 3 aromatic heterocycles. The van der Waals surface area contributed by atoms with Gasteiger partial charge in [0.25, 0.3) is 5.89 Å². The average molecular weight is 417 g/mol. The number of anilines is 1. The fraction of sp³-hybridized carbons (Fsp3) is 0.500. The van der Waals surface area contributed by atoms with E-state index in [2.05, 4.69) is 25.5 Å². The van der Waals surface area contributed by atoms with Crippen LogP contribution in [0.2, 0.25) is 5.15 Å². The molecule has 1 amide bonds. The molecule has 0 unspecified atom stereocenters. The second-order valence-corrected chi connectivity index (χ2v) is 7.73. The second-order valence-electron chi connectivity index (χ2n) is 7.37. The van der Waals surface area contributed by atoms with Crippen molar-refractivity contribution in [2.75, 3.05) is 25.0 Å². The molecule has 0 radical (unpaired) electrons. The first kappa shape index (κ1) is 19.7. The lowest BCUT2D eigenvalue weighted by Crippen LogP contribution is -2.41. The van der Waals surface area contributed by atoms with Gasteiger partial charge < -0.3 is 19.6 Å². The highest BCUT2D eigenvalue weighted by atomic mass is 35.5. The maximum atomic E-state index is 12.4. The molecule has 1 saturated heterocycles. The number of pyridine rings is 1. The molecule has 8 nitrogen and oxygen atoms in total. The standard InChI is InChI=1S/C18H19ClN6O2.C2H6/c19-15-14-11(1-6-20-15)12(9-21-14)16-23-24-17(27-16)22-10-13(26)25-7-4-18(2-3-18)5-8-25;1-2/h1,6,9,21H,2-5,7-8,10H2,(H,22,24);1-2H3. The van der Waals surface area contributed by atoms with Crippen LogP contribution in [0.15, 0.2) is 22.9 Å². The zero-order chi connectivity index (χ0) is 20.4. The van der Waals surface area contributed by atoms with E-state index >= 15 is 0 Å². The minimum atomic E-state index is 0.0650. The Morgan fingerprint density at radius 1 is 1.28 bits per heavy atom. The highest BCUT2D eigenvalue weighted by molar-refractivity contribution is 6.34. The maximum Gasteiger partial charge on any atom is 0.316 e. The van der Waals surface area contributed by atoms with Gasteiger partial charge >= 0.3 is 6.01 Å². The lowest BCUT2D eigenvalue weighted by molar-refractivity contribution is -0.130. The van der Waals surface area contributed by atoms with Crippen molar-refractivity contribution in [1.82, 2.24) is 25.1 Å². The topological polar surface area (TPSA) is 99.9 Å². The molecule has 0 bridgehead atoms. The number of nitrogens with zero attached hydrogens (tertiary/aromatic N) is 4. The molecule has 1 aliphatic heterocycles. The molecular weight excluding hydrogens is 392 g/mol. The number of carbonyl (C=O) groups excluding carboxylic acids is 1. The average Bonchev–Trinajstić information content (AvgIpc) is 3.16. The highest BCUT2D eigenvalue weighted by Crippen LogP contribution is 2.53. The Balaban J connectivity index is 0.000000994. The molecule has 1 saturated carbocycles. The number of piperidine rings is 1. The zero-order valence-electron chi connectivity index (χ0n) is 16.7. The fourth-order valence-corrected chi connectivity index (χ4v) is 3.98. The Morgan fingerprint density at radius 3 is 2.76 bits per heavy atom. The molecule has 0 aromatic carbocycles. The van der Waals surface area contributed by atoms with Crippen molar-refractivity contribution >= 4 is 34.4 Å². The predicted octanol–water partition coefficient (Wildman–Crippen LogP) is 4.11. The van der Waals surface area contributed by atoms with Crippen molar-refractivity contribution in [3.8, 4) is 11.5 Å². The van der Waals surface area contributed by atoms with Crippen LogP contribution >= 0.6 is 11.6 Å². The molecule has 1 aliphatic carbocycles. The van der Waals surface area contributed by atoms with Gasteiger partial charge in [-0.2, -0.15) is 0 Å². The van der Waals surface area contributed by atoms with Crippen LogP contribution in [0.1, 0.15) is 39.5 Å². The van der Waals surface area contributed by atoms with E-state index in [0.29, 0.717) is 16.5 Å². The Hall–Kier alpha value is -2.61. The van der Waals surface area contributed by atoms with Gasteiger partial charge in [0.15, 0.2) is 5.15 Å². The van der Waals surface area contributed by atoms with Crippen LogP contribution in [0.5, 0.6) is 0 Å². The van der Waals surface area contributed by atoms with E-state index in [-0.39, 0.29) is 18.5 Å². The lowest BCUT2D eigenvalue weighted by Gasteiger charge is -2.32. The summed E-state index contributed by atoms with van der Waals surface area (Å²) >= 11 is 6.08. The third kappa shape index (κ3) is 3.94. The summed E-state index contributed by atoms with van der Waals surface area (Å²) in [6, 6.07) is 2.06. The molecule has 9 heteroatoms. The van der Waals surface area contributed by atoms with E-state index in [1.165, 1.54) is 12.8 Å². The summed E-state index contributed by atoms with van der Waals surface area (Å²) in [7, 11) is 0. The van der Waals surface area contributed by atoms with E-state index in [0.717, 1.165) is 42.4 Å². The van der Waals surface area contributed by atoms with Crippen molar-refractivity contribution in [2.24, 2.45) is 5.41 Å². The number of H-pyrrole nitrogens is 1. The van der Waals surface area contributed by atoms with Crippen molar-refractivity contribution < 1.29 is 9.21 Å². The molecule has 5 rings (SSSR count). The number of aromatic amines is 1. The maximum absolute atomic E-state index is 12.4. The largest absolute Gasteiger partial charge is 0.403 e. The summed E-state index contributed by atoms with van der Waals surface area (Å²) < 4.78 is 5.67. The number of aromatic nitrogens is 4. The Morgan fingerprint density at radius 2 is 2.03 bits per heavy atom. The van der Waals surface area contributed by atoms with Crippen molar-refractivity contribution in [2.45, 2.75) is 39.5 Å². The van der Waals surface area contributed by atoms with Gasteiger partial charge in [-0.15, -0.1) is 5.10 Å². The molecule has 2 aliphatic rings. The number of rotatable bonds is 4. The minimum Gasteiger partial charge on any atom is -0.403 e. The number of nitrogens with one attached hydrogen (secondary N) is 2. The van der Waals surface area contributed by atoms with Crippen LogP contribution in [0.3, 0.4) is 0 Å². The van der Waals surface area contributed by atoms with Gasteiger partial charge in [-0.3, -0.25) is 4.79 Å². The molecule has 1 spiro atoms. The molecule has 3 aromatic rings. The Bertz CT molecular complexity index is 999. The molecule has 4 heterocycles. The molecule has 2 N–H and O–H groups in total. The summed E-state index contributed by atoms with van der Waals surface area (Å²) in [4.78, 5) is 21.4. The van der Waals surface area contributed by atoms with Gasteiger partial charge in [0.2, 0.25) is 5.91 Å². The third-order valence-electron chi connectivity index (χ3n) is 5.74. The SMILES string of the molecule is CC.O=C(CNc1nnc(-c2c[nH]c3c(Cl)nccc23)o1)N1CCC2(CC1)CC2. The Labute approximate surface area is 174 Å². The van der Waals surface area contributed by atoms with Gasteiger partial charge in [0, 0.05) is 30.9 Å². The minimum absolute atomic E-state index is 0.0650. The summed E-state index contributed by atoms with van der Waals surface area (Å²) in [5.41, 5.74) is 2.02. The van der Waals surface area contributed by atoms with Crippen LogP contribution < -0.4 is 5.32 Å². The summed E-state index contributed by atoms with van der Waals surface area (Å²) in [6.07, 6.45) is 8.28. The van der Waals surface area contributed by atoms with Crippen molar-refractivity contribution in [3.05, 3.63) is 23.6 Å². The van der Waals surface area contributed by atoms with E-state index in [1.54, 1.807) is 12.4 Å². The summed E-state index contributed by atoms with van der Waals surface area (Å²) in [6.45, 7) is 5.84. The number of likely N-dealkylation sites (tertiary alicyclic amines) is 1. The van der Waals surface area contributed by atoms with E-state index < -0.39 is 0 Å². The van der Waals surface area contributed by atoms with Crippen LogP contribution in [-0.4, -0.2) is 50.6 Å². The monoisotopic (exact) mass is 416 g/mol. The van der Waals surface area contributed by atoms with Gasteiger partial charge in [-0.1, -0.05) is 30.5 Å². The fourth-order valence-electron chi connectivity index (χ4n) is 3.77. The van der Waals surface area contributed by atoms with Gasteiger partial charge in [0.05, 0.1) is 17.6 Å². The Kier molecular flexibility index (Phi) is 5.45. The molecule has 154 valence electrons. The van der Waals surface area contributed by atoms with E-state index in [4.69, 9.17) is 16.0 Å². The molecule has 2 fully saturated rings. The van der Waals surface area contributed by atoms with Crippen LogP contribution in [0.4, 0.5) is 6.01 Å². The highest BCUT2D eigenvalue weighted by Gasteiger charge is 2.44. The smallest absolute Gasteiger partial charge is 0.316 e. The predicted molar refractivity (Wildman–Crippen MR) is 112 cm³/mol. The first-order valence-corrected chi connectivity index (χ1v) is 10.5. The van der Waals surface area contributed by atoms with Crippen LogP contribution in [0, 0.1) is 5.41 Å². The lowest BCUT2D eigenvalue weighted by atomic mass is 9.94. The van der Waals surface area contributed by atoms with E-state index in [1.807, 2.05) is 24.8 Å². The van der Waals surface area contributed by atoms with Gasteiger partial charge in [-0.05, 0) is 37.2 Å². The van der Waals surface area contributed by atoms with Gasteiger partial charge in [0.1, 0.15) is 0 Å². The molecule has 29 heavy (non-hydrogen) atoms. The first-order valence-electron chi connectivity index (χ1n) is 10.1. The number of amides is 1. The zero-order valence-corrected chi connectivity index (χ0v) is 17.4. The molecular formula is C20H25ClN6O2. The van der Waals surface area contributed by atoms with Crippen LogP contribution in [0.25, 0.3) is 22.4 Å². The normalized spacial score (nSPS) is 17.1.